The normalized spacial score (nSPS) is 16.6. The Morgan fingerprint density at radius 3 is 2.92 bits per heavy atom. The lowest BCUT2D eigenvalue weighted by Crippen LogP contribution is -2.26. The molecule has 25 heavy (non-hydrogen) atoms. The summed E-state index contributed by atoms with van der Waals surface area (Å²) in [5.41, 5.74) is 3.02. The van der Waals surface area contributed by atoms with E-state index in [1.807, 2.05) is 10.6 Å². The highest BCUT2D eigenvalue weighted by Gasteiger charge is 2.24. The van der Waals surface area contributed by atoms with E-state index in [0.717, 1.165) is 30.5 Å². The monoisotopic (exact) mass is 335 g/mol. The Morgan fingerprint density at radius 1 is 1.28 bits per heavy atom. The van der Waals surface area contributed by atoms with Gasteiger partial charge in [0.05, 0.1) is 16.0 Å². The molecular formula is C19H17N3O3. The first kappa shape index (κ1) is 15.5. The highest BCUT2D eigenvalue weighted by Crippen LogP contribution is 2.29. The molecule has 0 saturated heterocycles. The minimum Gasteiger partial charge on any atom is -0.298 e. The largest absolute Gasteiger partial charge is 0.298 e. The summed E-state index contributed by atoms with van der Waals surface area (Å²) in [6.07, 6.45) is 4.13. The molecular weight excluding hydrogens is 318 g/mol. The number of pyridine rings is 2. The van der Waals surface area contributed by atoms with Crippen molar-refractivity contribution in [1.82, 2.24) is 9.55 Å². The van der Waals surface area contributed by atoms with Crippen LogP contribution in [0.15, 0.2) is 47.4 Å². The van der Waals surface area contributed by atoms with Gasteiger partial charge in [0.15, 0.2) is 5.43 Å². The van der Waals surface area contributed by atoms with Crippen molar-refractivity contribution in [2.75, 3.05) is 0 Å². The Bertz CT molecular complexity index is 1060. The number of non-ortho nitro benzene ring substituents is 1. The number of fused-ring (bicyclic) bond motifs is 2. The van der Waals surface area contributed by atoms with Crippen LogP contribution in [0.1, 0.15) is 24.6 Å². The zero-order chi connectivity index (χ0) is 17.6. The fourth-order valence-corrected chi connectivity index (χ4v) is 3.64. The molecule has 6 heteroatoms. The summed E-state index contributed by atoms with van der Waals surface area (Å²) in [5, 5.41) is 11.7. The molecule has 1 unspecified atom stereocenters. The fraction of sp³-hybridized carbons (Fsp3) is 0.263. The SMILES string of the molecule is CC1CCc2c(c(=O)c3cccnc3n2-c2cccc([N+](=O)[O-])c2)C1. The Hall–Kier alpha value is -3.02. The van der Waals surface area contributed by atoms with E-state index in [0.29, 0.717) is 22.6 Å². The zero-order valence-electron chi connectivity index (χ0n) is 13.8. The standard InChI is InChI=1S/C19H17N3O3/c1-12-7-8-17-16(10-12)18(23)15-6-3-9-20-19(15)21(17)13-4-2-5-14(11-13)22(24)25/h2-6,9,11-12H,7-8,10H2,1H3. The highest BCUT2D eigenvalue weighted by atomic mass is 16.6. The summed E-state index contributed by atoms with van der Waals surface area (Å²) in [5.74, 6) is 0.452. The van der Waals surface area contributed by atoms with Gasteiger partial charge < -0.3 is 0 Å². The topological polar surface area (TPSA) is 78.0 Å². The lowest BCUT2D eigenvalue weighted by atomic mass is 9.86. The highest BCUT2D eigenvalue weighted by molar-refractivity contribution is 5.78. The summed E-state index contributed by atoms with van der Waals surface area (Å²) < 4.78 is 1.92. The van der Waals surface area contributed by atoms with Gasteiger partial charge >= 0.3 is 0 Å². The van der Waals surface area contributed by atoms with E-state index in [1.54, 1.807) is 24.4 Å². The zero-order valence-corrected chi connectivity index (χ0v) is 13.8. The first-order chi connectivity index (χ1) is 12.1. The van der Waals surface area contributed by atoms with Crippen molar-refractivity contribution < 1.29 is 4.92 Å². The molecule has 0 spiro atoms. The molecule has 126 valence electrons. The third kappa shape index (κ3) is 2.50. The van der Waals surface area contributed by atoms with Crippen molar-refractivity contribution in [2.45, 2.75) is 26.2 Å². The number of aromatic nitrogens is 2. The van der Waals surface area contributed by atoms with E-state index < -0.39 is 4.92 Å². The van der Waals surface area contributed by atoms with E-state index in [4.69, 9.17) is 0 Å². The van der Waals surface area contributed by atoms with Crippen LogP contribution in [0.3, 0.4) is 0 Å². The average Bonchev–Trinajstić information content (AvgIpc) is 2.63. The molecule has 0 amide bonds. The molecule has 0 radical (unpaired) electrons. The number of hydrogen-bond acceptors (Lipinski definition) is 4. The van der Waals surface area contributed by atoms with Gasteiger partial charge in [-0.25, -0.2) is 4.98 Å². The first-order valence-corrected chi connectivity index (χ1v) is 8.32. The first-order valence-electron chi connectivity index (χ1n) is 8.32. The Kier molecular flexibility index (Phi) is 3.60. The Balaban J connectivity index is 2.10. The maximum absolute atomic E-state index is 12.9. The summed E-state index contributed by atoms with van der Waals surface area (Å²) in [6.45, 7) is 2.15. The van der Waals surface area contributed by atoms with Gasteiger partial charge in [0.2, 0.25) is 0 Å². The van der Waals surface area contributed by atoms with Crippen LogP contribution < -0.4 is 5.43 Å². The van der Waals surface area contributed by atoms with E-state index in [9.17, 15) is 14.9 Å². The van der Waals surface area contributed by atoms with Crippen LogP contribution in [0.25, 0.3) is 16.7 Å². The third-order valence-corrected chi connectivity index (χ3v) is 4.86. The second-order valence-corrected chi connectivity index (χ2v) is 6.59. The van der Waals surface area contributed by atoms with Crippen LogP contribution in [0.5, 0.6) is 0 Å². The van der Waals surface area contributed by atoms with Gasteiger partial charge in [-0.3, -0.25) is 19.5 Å². The lowest BCUT2D eigenvalue weighted by molar-refractivity contribution is -0.384. The molecule has 1 aromatic carbocycles. The van der Waals surface area contributed by atoms with Crippen LogP contribution >= 0.6 is 0 Å². The average molecular weight is 335 g/mol. The molecule has 4 rings (SSSR count). The molecule has 0 fully saturated rings. The van der Waals surface area contributed by atoms with Crippen LogP contribution in [-0.4, -0.2) is 14.5 Å². The van der Waals surface area contributed by atoms with Gasteiger partial charge in [-0.15, -0.1) is 0 Å². The molecule has 1 aliphatic carbocycles. The third-order valence-electron chi connectivity index (χ3n) is 4.86. The fourth-order valence-electron chi connectivity index (χ4n) is 3.64. The van der Waals surface area contributed by atoms with Gasteiger partial charge in [0.1, 0.15) is 5.65 Å². The minimum atomic E-state index is -0.407. The summed E-state index contributed by atoms with van der Waals surface area (Å²) in [4.78, 5) is 28.1. The lowest BCUT2D eigenvalue weighted by Gasteiger charge is -2.26. The smallest absolute Gasteiger partial charge is 0.271 e. The van der Waals surface area contributed by atoms with Crippen molar-refractivity contribution in [3.63, 3.8) is 0 Å². The van der Waals surface area contributed by atoms with Crippen molar-refractivity contribution in [3.05, 3.63) is 74.2 Å². The second kappa shape index (κ2) is 5.81. The molecule has 0 aliphatic heterocycles. The molecule has 0 saturated carbocycles. The van der Waals surface area contributed by atoms with Crippen molar-refractivity contribution in [1.29, 1.82) is 0 Å². The molecule has 1 aliphatic rings. The number of nitro groups is 1. The van der Waals surface area contributed by atoms with Gasteiger partial charge in [0, 0.05) is 29.6 Å². The molecule has 3 aromatic rings. The summed E-state index contributed by atoms with van der Waals surface area (Å²) in [7, 11) is 0. The van der Waals surface area contributed by atoms with Gasteiger partial charge in [-0.1, -0.05) is 13.0 Å². The van der Waals surface area contributed by atoms with Crippen LogP contribution in [0.2, 0.25) is 0 Å². The van der Waals surface area contributed by atoms with E-state index >= 15 is 0 Å². The minimum absolute atomic E-state index is 0.0261. The number of nitrogens with zero attached hydrogens (tertiary/aromatic N) is 3. The van der Waals surface area contributed by atoms with Crippen LogP contribution in [0.4, 0.5) is 5.69 Å². The van der Waals surface area contributed by atoms with Gasteiger partial charge in [-0.05, 0) is 43.4 Å². The number of hydrogen-bond donors (Lipinski definition) is 0. The Morgan fingerprint density at radius 2 is 2.12 bits per heavy atom. The van der Waals surface area contributed by atoms with E-state index in [1.165, 1.54) is 12.1 Å². The maximum Gasteiger partial charge on any atom is 0.271 e. The number of nitro benzene ring substituents is 1. The molecule has 0 bridgehead atoms. The predicted molar refractivity (Wildman–Crippen MR) is 95.2 cm³/mol. The molecule has 0 N–H and O–H groups in total. The number of benzene rings is 1. The van der Waals surface area contributed by atoms with Gasteiger partial charge in [0.25, 0.3) is 5.69 Å². The van der Waals surface area contributed by atoms with Gasteiger partial charge in [-0.2, -0.15) is 0 Å². The maximum atomic E-state index is 12.9. The quantitative estimate of drug-likeness (QED) is 0.531. The molecule has 2 heterocycles. The van der Waals surface area contributed by atoms with E-state index in [2.05, 4.69) is 11.9 Å². The summed E-state index contributed by atoms with van der Waals surface area (Å²) in [6, 6.07) is 10.0. The van der Waals surface area contributed by atoms with Crippen molar-refractivity contribution in [3.8, 4) is 5.69 Å². The summed E-state index contributed by atoms with van der Waals surface area (Å²) >= 11 is 0. The molecule has 1 atom stereocenters. The van der Waals surface area contributed by atoms with E-state index in [-0.39, 0.29) is 11.1 Å². The molecule has 2 aromatic heterocycles. The molecule has 6 nitrogen and oxygen atoms in total. The predicted octanol–water partition coefficient (Wildman–Crippen LogP) is 3.42. The van der Waals surface area contributed by atoms with Crippen molar-refractivity contribution >= 4 is 16.7 Å². The van der Waals surface area contributed by atoms with Crippen molar-refractivity contribution in [2.24, 2.45) is 5.92 Å². The number of rotatable bonds is 2. The Labute approximate surface area is 143 Å². The second-order valence-electron chi connectivity index (χ2n) is 6.59. The van der Waals surface area contributed by atoms with Crippen LogP contribution in [-0.2, 0) is 12.8 Å². The van der Waals surface area contributed by atoms with Crippen LogP contribution in [0, 0.1) is 16.0 Å².